The Morgan fingerprint density at radius 2 is 1.54 bits per heavy atom. The number of nitrogens with zero attached hydrogens (tertiary/aromatic N) is 2. The molecule has 0 fully saturated rings. The van der Waals surface area contributed by atoms with Crippen LogP contribution in [0.15, 0.2) is 59.3 Å². The van der Waals surface area contributed by atoms with Crippen molar-refractivity contribution in [3.05, 3.63) is 86.3 Å². The molecule has 0 atom stereocenters. The van der Waals surface area contributed by atoms with E-state index >= 15 is 0 Å². The summed E-state index contributed by atoms with van der Waals surface area (Å²) in [6, 6.07) is 12.5. The van der Waals surface area contributed by atoms with Gasteiger partial charge in [0.2, 0.25) is 0 Å². The van der Waals surface area contributed by atoms with Crippen molar-refractivity contribution in [1.29, 1.82) is 0 Å². The average Bonchev–Trinajstić information content (AvgIpc) is 3.30. The van der Waals surface area contributed by atoms with E-state index in [2.05, 4.69) is 0 Å². The van der Waals surface area contributed by atoms with Crippen molar-refractivity contribution < 1.29 is 23.8 Å². The van der Waals surface area contributed by atoms with Gasteiger partial charge in [-0.05, 0) is 68.8 Å². The zero-order chi connectivity index (χ0) is 27.0. The van der Waals surface area contributed by atoms with E-state index in [9.17, 15) is 9.59 Å². The number of methoxy groups -OCH3 is 3. The Morgan fingerprint density at radius 3 is 2.16 bits per heavy atom. The highest BCUT2D eigenvalue weighted by atomic mass is 35.5. The number of aromatic nitrogens is 1. The maximum atomic E-state index is 13.8. The van der Waals surface area contributed by atoms with Crippen molar-refractivity contribution in [2.75, 3.05) is 26.2 Å². The Morgan fingerprint density at radius 1 is 0.865 bits per heavy atom. The average molecular weight is 541 g/mol. The van der Waals surface area contributed by atoms with Crippen LogP contribution in [-0.2, 0) is 14.3 Å². The Labute approximate surface area is 225 Å². The lowest BCUT2D eigenvalue weighted by atomic mass is 10.0. The van der Waals surface area contributed by atoms with Gasteiger partial charge in [-0.2, -0.15) is 0 Å². The molecule has 2 aromatic carbocycles. The molecule has 1 amide bonds. The van der Waals surface area contributed by atoms with E-state index in [-0.39, 0.29) is 17.1 Å². The topological polar surface area (TPSA) is 70.0 Å². The molecular formula is C28H26Cl2N2O5. The van der Waals surface area contributed by atoms with Crippen molar-refractivity contribution in [2.45, 2.75) is 20.8 Å². The maximum absolute atomic E-state index is 13.8. The smallest absolute Gasteiger partial charge is 0.340 e. The second-order valence-electron chi connectivity index (χ2n) is 8.45. The maximum Gasteiger partial charge on any atom is 0.340 e. The van der Waals surface area contributed by atoms with Crippen molar-refractivity contribution in [3.8, 4) is 17.2 Å². The molecule has 7 nitrogen and oxygen atoms in total. The summed E-state index contributed by atoms with van der Waals surface area (Å²) in [5.41, 5.74) is 4.80. The summed E-state index contributed by atoms with van der Waals surface area (Å²) in [7, 11) is 4.35. The van der Waals surface area contributed by atoms with Crippen LogP contribution in [0.5, 0.6) is 11.5 Å². The van der Waals surface area contributed by atoms with Gasteiger partial charge < -0.3 is 18.8 Å². The van der Waals surface area contributed by atoms with Crippen LogP contribution in [0.4, 0.5) is 5.69 Å². The minimum absolute atomic E-state index is 0.196. The van der Waals surface area contributed by atoms with Gasteiger partial charge in [0.15, 0.2) is 11.5 Å². The van der Waals surface area contributed by atoms with Gasteiger partial charge in [0, 0.05) is 28.8 Å². The first-order valence-electron chi connectivity index (χ1n) is 11.3. The van der Waals surface area contributed by atoms with Crippen LogP contribution in [0.1, 0.15) is 23.9 Å². The third kappa shape index (κ3) is 4.61. The number of benzene rings is 2. The fourth-order valence-electron chi connectivity index (χ4n) is 4.57. The second kappa shape index (κ2) is 10.4. The van der Waals surface area contributed by atoms with E-state index in [1.165, 1.54) is 26.2 Å². The molecule has 4 rings (SSSR count). The van der Waals surface area contributed by atoms with Crippen molar-refractivity contribution in [3.63, 3.8) is 0 Å². The van der Waals surface area contributed by atoms with E-state index in [1.807, 2.05) is 30.5 Å². The Bertz CT molecular complexity index is 1490. The zero-order valence-electron chi connectivity index (χ0n) is 21.3. The molecule has 2 heterocycles. The fraction of sp³-hybridized carbons (Fsp3) is 0.214. The third-order valence-corrected chi connectivity index (χ3v) is 7.09. The van der Waals surface area contributed by atoms with E-state index in [1.54, 1.807) is 43.3 Å². The lowest BCUT2D eigenvalue weighted by molar-refractivity contribution is -0.136. The standard InChI is InChI=1S/C28H26Cl2N2O5/c1-15-11-18(16(2)31(15)19-7-9-22(29)23(30)13-19)12-21-26(28(34)37-6)17(3)32(27(21)33)20-8-10-24(35-4)25(14-20)36-5/h7-14H,1-6H3/b21-12-. The van der Waals surface area contributed by atoms with Crippen LogP contribution < -0.4 is 14.4 Å². The van der Waals surface area contributed by atoms with Crippen LogP contribution in [-0.4, -0.2) is 37.8 Å². The van der Waals surface area contributed by atoms with Gasteiger partial charge in [-0.3, -0.25) is 9.69 Å². The molecule has 0 saturated carbocycles. The van der Waals surface area contributed by atoms with Crippen LogP contribution in [0.3, 0.4) is 0 Å². The summed E-state index contributed by atoms with van der Waals surface area (Å²) in [6.07, 6.45) is 1.72. The zero-order valence-corrected chi connectivity index (χ0v) is 22.8. The van der Waals surface area contributed by atoms with Crippen molar-refractivity contribution in [2.24, 2.45) is 0 Å². The molecular weight excluding hydrogens is 515 g/mol. The molecule has 0 N–H and O–H groups in total. The normalized spacial score (nSPS) is 14.5. The van der Waals surface area contributed by atoms with Gasteiger partial charge in [-0.25, -0.2) is 4.79 Å². The molecule has 1 aliphatic heterocycles. The second-order valence-corrected chi connectivity index (χ2v) is 9.26. The van der Waals surface area contributed by atoms with E-state index in [0.29, 0.717) is 32.9 Å². The summed E-state index contributed by atoms with van der Waals surface area (Å²) >= 11 is 12.4. The predicted molar refractivity (Wildman–Crippen MR) is 145 cm³/mol. The third-order valence-electron chi connectivity index (χ3n) is 6.35. The number of anilines is 1. The van der Waals surface area contributed by atoms with E-state index in [4.69, 9.17) is 37.4 Å². The predicted octanol–water partition coefficient (Wildman–Crippen LogP) is 6.30. The van der Waals surface area contributed by atoms with Gasteiger partial charge in [0.1, 0.15) is 0 Å². The summed E-state index contributed by atoms with van der Waals surface area (Å²) < 4.78 is 17.8. The molecule has 3 aromatic rings. The molecule has 37 heavy (non-hydrogen) atoms. The Balaban J connectivity index is 1.84. The van der Waals surface area contributed by atoms with Crippen LogP contribution in [0.25, 0.3) is 11.8 Å². The molecule has 0 aliphatic carbocycles. The minimum Gasteiger partial charge on any atom is -0.493 e. The highest BCUT2D eigenvalue weighted by molar-refractivity contribution is 6.42. The number of ether oxygens (including phenoxy) is 3. The summed E-state index contributed by atoms with van der Waals surface area (Å²) in [6.45, 7) is 5.59. The van der Waals surface area contributed by atoms with Crippen LogP contribution >= 0.6 is 23.2 Å². The number of amides is 1. The minimum atomic E-state index is -0.599. The largest absolute Gasteiger partial charge is 0.493 e. The van der Waals surface area contributed by atoms with E-state index < -0.39 is 5.97 Å². The quantitative estimate of drug-likeness (QED) is 0.271. The fourth-order valence-corrected chi connectivity index (χ4v) is 4.86. The van der Waals surface area contributed by atoms with Gasteiger partial charge >= 0.3 is 5.97 Å². The molecule has 0 bridgehead atoms. The SMILES string of the molecule is COC(=O)C1=C(C)N(c2ccc(OC)c(OC)c2)C(=O)/C1=C\c1cc(C)n(-c2ccc(Cl)c(Cl)c2)c1C. The molecule has 192 valence electrons. The highest BCUT2D eigenvalue weighted by Gasteiger charge is 2.38. The first-order valence-corrected chi connectivity index (χ1v) is 12.1. The number of hydrogen-bond donors (Lipinski definition) is 0. The number of hydrogen-bond acceptors (Lipinski definition) is 5. The molecule has 0 radical (unpaired) electrons. The number of halogens is 2. The van der Waals surface area contributed by atoms with Gasteiger partial charge in [-0.15, -0.1) is 0 Å². The van der Waals surface area contributed by atoms with Crippen molar-refractivity contribution in [1.82, 2.24) is 4.57 Å². The van der Waals surface area contributed by atoms with E-state index in [0.717, 1.165) is 22.6 Å². The number of allylic oxidation sites excluding steroid dienone is 1. The van der Waals surface area contributed by atoms with Crippen molar-refractivity contribution >= 4 is 46.8 Å². The summed E-state index contributed by atoms with van der Waals surface area (Å²) in [5.74, 6) is 0.0314. The molecule has 0 spiro atoms. The van der Waals surface area contributed by atoms with Crippen LogP contribution in [0, 0.1) is 13.8 Å². The van der Waals surface area contributed by atoms with Gasteiger partial charge in [-0.1, -0.05) is 23.2 Å². The number of aryl methyl sites for hydroxylation is 1. The lowest BCUT2D eigenvalue weighted by Crippen LogP contribution is -2.24. The Kier molecular flexibility index (Phi) is 7.39. The van der Waals surface area contributed by atoms with Gasteiger partial charge in [0.25, 0.3) is 5.91 Å². The highest BCUT2D eigenvalue weighted by Crippen LogP contribution is 2.39. The molecule has 1 aromatic heterocycles. The number of rotatable bonds is 6. The number of carbonyl (C=O) groups is 2. The monoisotopic (exact) mass is 540 g/mol. The first-order chi connectivity index (χ1) is 17.6. The molecule has 0 unspecified atom stereocenters. The van der Waals surface area contributed by atoms with Crippen LogP contribution in [0.2, 0.25) is 10.0 Å². The lowest BCUT2D eigenvalue weighted by Gasteiger charge is -2.19. The number of esters is 1. The summed E-state index contributed by atoms with van der Waals surface area (Å²) in [5, 5.41) is 0.903. The van der Waals surface area contributed by atoms with Gasteiger partial charge in [0.05, 0.1) is 48.2 Å². The molecule has 9 heteroatoms. The summed E-state index contributed by atoms with van der Waals surface area (Å²) in [4.78, 5) is 28.1. The Hall–Kier alpha value is -3.68. The number of carbonyl (C=O) groups excluding carboxylic acids is 2. The first kappa shape index (κ1) is 26.4. The molecule has 0 saturated heterocycles. The molecule has 1 aliphatic rings.